The Morgan fingerprint density at radius 3 is 1.71 bits per heavy atom. The van der Waals surface area contributed by atoms with Gasteiger partial charge in [0.1, 0.15) is 5.69 Å². The maximum absolute atomic E-state index is 2.57. The van der Waals surface area contributed by atoms with E-state index >= 15 is 0 Å². The third kappa shape index (κ3) is 4.86. The van der Waals surface area contributed by atoms with Crippen LogP contribution in [0.3, 0.4) is 0 Å². The Hall–Kier alpha value is -4.43. The first kappa shape index (κ1) is 27.7. The van der Waals surface area contributed by atoms with Crippen molar-refractivity contribution in [1.29, 1.82) is 0 Å². The fourth-order valence-electron chi connectivity index (χ4n) is 6.29. The summed E-state index contributed by atoms with van der Waals surface area (Å²) in [5, 5.41) is 0. The second-order valence-electron chi connectivity index (χ2n) is 12.3. The highest BCUT2D eigenvalue weighted by Crippen LogP contribution is 2.40. The molecule has 6 rings (SSSR count). The minimum atomic E-state index is 0.340. The first-order valence-corrected chi connectivity index (χ1v) is 15.2. The predicted octanol–water partition coefficient (Wildman–Crippen LogP) is 10.3. The summed E-state index contributed by atoms with van der Waals surface area (Å²) in [6.07, 6.45) is 0. The third-order valence-electron chi connectivity index (χ3n) is 8.59. The van der Waals surface area contributed by atoms with E-state index in [0.29, 0.717) is 11.8 Å². The minimum absolute atomic E-state index is 0.340. The Morgan fingerprint density at radius 2 is 1.14 bits per heavy atom. The summed E-state index contributed by atoms with van der Waals surface area (Å²) in [6, 6.07) is 40.2. The van der Waals surface area contributed by atoms with Gasteiger partial charge >= 0.3 is 0 Å². The summed E-state index contributed by atoms with van der Waals surface area (Å²) >= 11 is 0. The van der Waals surface area contributed by atoms with Crippen LogP contribution in [0, 0.1) is 13.8 Å². The number of hydrogen-bond acceptors (Lipinski definition) is 0. The zero-order valence-electron chi connectivity index (χ0n) is 25.9. The van der Waals surface area contributed by atoms with Crippen LogP contribution in [0.2, 0.25) is 0 Å². The van der Waals surface area contributed by atoms with Crippen LogP contribution >= 0.6 is 0 Å². The molecule has 0 amide bonds. The lowest BCUT2D eigenvalue weighted by atomic mass is 9.88. The molecule has 42 heavy (non-hydrogen) atoms. The summed E-state index contributed by atoms with van der Waals surface area (Å²) in [6.45, 7) is 13.7. The summed E-state index contributed by atoms with van der Waals surface area (Å²) in [5.41, 5.74) is 15.3. The van der Waals surface area contributed by atoms with Gasteiger partial charge in [0, 0.05) is 11.1 Å². The third-order valence-corrected chi connectivity index (χ3v) is 8.59. The quantitative estimate of drug-likeness (QED) is 0.183. The molecule has 210 valence electrons. The van der Waals surface area contributed by atoms with Crippen LogP contribution in [0.15, 0.2) is 109 Å². The lowest BCUT2D eigenvalue weighted by molar-refractivity contribution is -0.633. The van der Waals surface area contributed by atoms with Gasteiger partial charge in [0.25, 0.3) is 5.82 Å². The normalized spacial score (nSPS) is 11.6. The van der Waals surface area contributed by atoms with Crippen molar-refractivity contribution in [1.82, 2.24) is 4.57 Å². The number of aryl methyl sites for hydroxylation is 3. The molecule has 6 aromatic rings. The van der Waals surface area contributed by atoms with Crippen LogP contribution in [0.4, 0.5) is 0 Å². The molecule has 0 bridgehead atoms. The molecule has 5 aromatic carbocycles. The fraction of sp³-hybridized carbons (Fsp3) is 0.225. The van der Waals surface area contributed by atoms with E-state index in [2.05, 4.69) is 167 Å². The molecular formula is C40H41N2+. The lowest BCUT2D eigenvalue weighted by Gasteiger charge is -2.21. The molecule has 1 heterocycles. The van der Waals surface area contributed by atoms with E-state index in [-0.39, 0.29) is 0 Å². The van der Waals surface area contributed by atoms with E-state index in [1.165, 1.54) is 72.6 Å². The molecule has 0 saturated heterocycles. The zero-order chi connectivity index (χ0) is 29.5. The van der Waals surface area contributed by atoms with Crippen LogP contribution in [0.25, 0.3) is 50.4 Å². The molecule has 0 unspecified atom stereocenters. The highest BCUT2D eigenvalue weighted by molar-refractivity contribution is 5.86. The molecule has 0 N–H and O–H groups in total. The zero-order valence-corrected chi connectivity index (χ0v) is 25.9. The van der Waals surface area contributed by atoms with Crippen LogP contribution in [-0.4, -0.2) is 4.57 Å². The number of benzene rings is 5. The van der Waals surface area contributed by atoms with Crippen LogP contribution < -0.4 is 4.57 Å². The SMILES string of the molecule is Cc1ccc(C)c(-c2n(-c3c(C(C)C)cc(-c4ccccc4)cc3C(C)C)c3cc(-c4ccccc4)ccc3[n+]2C)c1. The van der Waals surface area contributed by atoms with Gasteiger partial charge in [-0.15, -0.1) is 0 Å². The number of fused-ring (bicyclic) bond motifs is 1. The number of imidazole rings is 1. The van der Waals surface area contributed by atoms with Crippen LogP contribution in [0.5, 0.6) is 0 Å². The average molecular weight is 550 g/mol. The van der Waals surface area contributed by atoms with Gasteiger partial charge in [-0.1, -0.05) is 106 Å². The van der Waals surface area contributed by atoms with Gasteiger partial charge in [-0.25, -0.2) is 4.57 Å². The molecule has 0 aliphatic heterocycles. The molecule has 2 nitrogen and oxygen atoms in total. The van der Waals surface area contributed by atoms with E-state index in [4.69, 9.17) is 0 Å². The molecule has 0 atom stereocenters. The molecule has 2 heteroatoms. The maximum Gasteiger partial charge on any atom is 0.295 e. The number of nitrogens with zero attached hydrogens (tertiary/aromatic N) is 2. The summed E-state index contributed by atoms with van der Waals surface area (Å²) < 4.78 is 4.97. The van der Waals surface area contributed by atoms with E-state index in [1.807, 2.05) is 0 Å². The molecule has 0 saturated carbocycles. The van der Waals surface area contributed by atoms with Crippen molar-refractivity contribution >= 4 is 11.0 Å². The predicted molar refractivity (Wildman–Crippen MR) is 178 cm³/mol. The van der Waals surface area contributed by atoms with E-state index in [1.54, 1.807) is 0 Å². The van der Waals surface area contributed by atoms with Gasteiger partial charge in [0.15, 0.2) is 11.0 Å². The molecule has 0 radical (unpaired) electrons. The second-order valence-corrected chi connectivity index (χ2v) is 12.3. The standard InChI is InChI=1S/C40H41N2/c1-26(2)34-23-33(31-16-12-9-13-17-31)24-35(27(3)4)39(34)42-38-25-32(30-14-10-8-11-15-30)20-21-37(38)41(7)40(42)36-22-28(5)18-19-29(36)6/h8-27H,1-7H3/q+1. The molecule has 0 aliphatic carbocycles. The largest absolute Gasteiger partial charge is 0.295 e. The highest BCUT2D eigenvalue weighted by Gasteiger charge is 2.32. The fourth-order valence-corrected chi connectivity index (χ4v) is 6.29. The van der Waals surface area contributed by atoms with E-state index in [0.717, 1.165) is 0 Å². The summed E-state index contributed by atoms with van der Waals surface area (Å²) in [4.78, 5) is 0. The topological polar surface area (TPSA) is 8.81 Å². The van der Waals surface area contributed by atoms with Crippen molar-refractivity contribution in [2.24, 2.45) is 7.05 Å². The Balaban J connectivity index is 1.78. The Labute approximate surface area is 250 Å². The number of hydrogen-bond donors (Lipinski definition) is 0. The maximum atomic E-state index is 2.57. The minimum Gasteiger partial charge on any atom is -0.225 e. The smallest absolute Gasteiger partial charge is 0.225 e. The van der Waals surface area contributed by atoms with Gasteiger partial charge < -0.3 is 0 Å². The second kappa shape index (κ2) is 11.1. The van der Waals surface area contributed by atoms with Crippen molar-refractivity contribution in [3.63, 3.8) is 0 Å². The van der Waals surface area contributed by atoms with Crippen molar-refractivity contribution < 1.29 is 4.57 Å². The number of rotatable bonds is 6. The van der Waals surface area contributed by atoms with Gasteiger partial charge in [-0.2, -0.15) is 4.57 Å². The van der Waals surface area contributed by atoms with E-state index < -0.39 is 0 Å². The molecule has 0 fully saturated rings. The molecule has 0 aliphatic rings. The Morgan fingerprint density at radius 1 is 0.571 bits per heavy atom. The number of aromatic nitrogens is 2. The van der Waals surface area contributed by atoms with Gasteiger partial charge in [-0.05, 0) is 89.9 Å². The average Bonchev–Trinajstić information content (AvgIpc) is 3.29. The first-order valence-electron chi connectivity index (χ1n) is 15.2. The molecular weight excluding hydrogens is 508 g/mol. The van der Waals surface area contributed by atoms with Crippen molar-refractivity contribution in [3.05, 3.63) is 131 Å². The van der Waals surface area contributed by atoms with Gasteiger partial charge in [0.05, 0.1) is 12.6 Å². The molecule has 0 spiro atoms. The molecule has 1 aromatic heterocycles. The summed E-state index contributed by atoms with van der Waals surface area (Å²) in [5.74, 6) is 1.90. The lowest BCUT2D eigenvalue weighted by Crippen LogP contribution is -2.30. The van der Waals surface area contributed by atoms with Crippen LogP contribution in [0.1, 0.15) is 61.8 Å². The Kier molecular flexibility index (Phi) is 7.33. The first-order chi connectivity index (χ1) is 20.2. The highest BCUT2D eigenvalue weighted by atomic mass is 15.2. The van der Waals surface area contributed by atoms with Gasteiger partial charge in [0.2, 0.25) is 0 Å². The van der Waals surface area contributed by atoms with Gasteiger partial charge in [-0.3, -0.25) is 0 Å². The Bertz CT molecular complexity index is 1860. The van der Waals surface area contributed by atoms with Crippen molar-refractivity contribution in [3.8, 4) is 39.3 Å². The van der Waals surface area contributed by atoms with Crippen LogP contribution in [-0.2, 0) is 7.05 Å². The van der Waals surface area contributed by atoms with E-state index in [9.17, 15) is 0 Å². The van der Waals surface area contributed by atoms with Crippen molar-refractivity contribution in [2.75, 3.05) is 0 Å². The van der Waals surface area contributed by atoms with Crippen molar-refractivity contribution in [2.45, 2.75) is 53.4 Å². The summed E-state index contributed by atoms with van der Waals surface area (Å²) in [7, 11) is 2.22. The monoisotopic (exact) mass is 549 g/mol.